The number of nitrogens with zero attached hydrogens (tertiary/aromatic N) is 5. The van der Waals surface area contributed by atoms with Crippen LogP contribution in [0, 0.1) is 12.7 Å². The minimum Gasteiger partial charge on any atom is -0.363 e. The van der Waals surface area contributed by atoms with Crippen molar-refractivity contribution in [2.75, 3.05) is 31.1 Å². The first-order chi connectivity index (χ1) is 20.9. The highest BCUT2D eigenvalue weighted by Crippen LogP contribution is 2.33. The van der Waals surface area contributed by atoms with E-state index in [1.165, 1.54) is 6.92 Å². The molecule has 44 heavy (non-hydrogen) atoms. The molecule has 0 radical (unpaired) electrons. The fourth-order valence-electron chi connectivity index (χ4n) is 5.53. The lowest BCUT2D eigenvalue weighted by Crippen LogP contribution is -2.51. The van der Waals surface area contributed by atoms with E-state index in [0.717, 1.165) is 32.9 Å². The molecule has 0 unspecified atom stereocenters. The molecule has 0 amide bonds. The number of alkyl halides is 3. The molecule has 1 fully saturated rings. The van der Waals surface area contributed by atoms with Crippen molar-refractivity contribution >= 4 is 17.3 Å². The first-order valence-electron chi connectivity index (χ1n) is 14.0. The molecule has 0 aliphatic carbocycles. The zero-order valence-corrected chi connectivity index (χ0v) is 24.7. The van der Waals surface area contributed by atoms with Crippen LogP contribution in [0.15, 0.2) is 76.4 Å². The summed E-state index contributed by atoms with van der Waals surface area (Å²) in [4.78, 5) is 35.8. The number of benzene rings is 2. The number of halogens is 5. The van der Waals surface area contributed by atoms with Gasteiger partial charge in [0, 0.05) is 56.2 Å². The summed E-state index contributed by atoms with van der Waals surface area (Å²) in [6.45, 7) is 3.12. The predicted octanol–water partition coefficient (Wildman–Crippen LogP) is 4.60. The molecule has 13 heteroatoms. The molecule has 5 rings (SSSR count). The summed E-state index contributed by atoms with van der Waals surface area (Å²) in [5, 5.41) is 0.394. The van der Waals surface area contributed by atoms with Crippen LogP contribution < -0.4 is 21.9 Å². The molecule has 1 saturated heterocycles. The van der Waals surface area contributed by atoms with Gasteiger partial charge >= 0.3 is 11.9 Å². The van der Waals surface area contributed by atoms with Crippen LogP contribution in [0.4, 0.5) is 23.2 Å². The van der Waals surface area contributed by atoms with Crippen molar-refractivity contribution in [1.29, 1.82) is 0 Å². The SMILES string of the molecule is Cc1c(N2CCN(Cc3ccc(Cl)nc3)CC2)c(=O)n(C[C@@H](N)c2ccccc2)c(=O)n1Cc1c(F)cccc1C(F)(F)F. The highest BCUT2D eigenvalue weighted by atomic mass is 35.5. The Hall–Kier alpha value is -4.00. The van der Waals surface area contributed by atoms with Crippen molar-refractivity contribution in [3.63, 3.8) is 0 Å². The lowest BCUT2D eigenvalue weighted by molar-refractivity contribution is -0.138. The maximum Gasteiger partial charge on any atom is 0.416 e. The summed E-state index contributed by atoms with van der Waals surface area (Å²) in [6, 6.07) is 14.4. The Balaban J connectivity index is 1.53. The molecule has 1 atom stereocenters. The van der Waals surface area contributed by atoms with E-state index in [4.69, 9.17) is 17.3 Å². The highest BCUT2D eigenvalue weighted by molar-refractivity contribution is 6.29. The Morgan fingerprint density at radius 2 is 1.64 bits per heavy atom. The van der Waals surface area contributed by atoms with Crippen molar-refractivity contribution in [3.8, 4) is 0 Å². The van der Waals surface area contributed by atoms with Crippen LogP contribution in [-0.4, -0.2) is 45.2 Å². The van der Waals surface area contributed by atoms with Gasteiger partial charge < -0.3 is 10.6 Å². The molecular weight excluding hydrogens is 600 g/mol. The Kier molecular flexibility index (Phi) is 9.23. The van der Waals surface area contributed by atoms with Gasteiger partial charge in [0.1, 0.15) is 16.7 Å². The van der Waals surface area contributed by atoms with Crippen LogP contribution in [0.5, 0.6) is 0 Å². The van der Waals surface area contributed by atoms with Crippen molar-refractivity contribution in [1.82, 2.24) is 19.0 Å². The summed E-state index contributed by atoms with van der Waals surface area (Å²) in [7, 11) is 0. The third-order valence-electron chi connectivity index (χ3n) is 7.89. The van der Waals surface area contributed by atoms with E-state index in [9.17, 15) is 27.2 Å². The predicted molar refractivity (Wildman–Crippen MR) is 160 cm³/mol. The van der Waals surface area contributed by atoms with Crippen molar-refractivity contribution in [3.05, 3.63) is 127 Å². The topological polar surface area (TPSA) is 89.4 Å². The van der Waals surface area contributed by atoms with Gasteiger partial charge in [0.05, 0.1) is 18.7 Å². The Morgan fingerprint density at radius 1 is 0.932 bits per heavy atom. The van der Waals surface area contributed by atoms with E-state index in [-0.39, 0.29) is 17.9 Å². The standard InChI is InChI=1S/C31H31ClF4N6O2/c1-20-28(40-14-12-39(13-15-40)17-21-10-11-27(32)38-16-21)29(43)42(19-26(37)22-6-3-2-4-7-22)30(44)41(20)18-23-24(31(34,35)36)8-5-9-25(23)33/h2-11,16,26H,12-15,17-19,37H2,1H3/t26-/m1/s1. The first kappa shape index (κ1) is 31.4. The molecule has 3 heterocycles. The average molecular weight is 631 g/mol. The lowest BCUT2D eigenvalue weighted by atomic mass is 10.1. The van der Waals surface area contributed by atoms with Crippen LogP contribution in [-0.2, 0) is 25.8 Å². The normalized spacial score (nSPS) is 15.0. The van der Waals surface area contributed by atoms with Gasteiger partial charge in [-0.3, -0.25) is 18.8 Å². The number of hydrogen-bond donors (Lipinski definition) is 1. The number of piperazine rings is 1. The molecule has 0 spiro atoms. The summed E-state index contributed by atoms with van der Waals surface area (Å²) in [5.41, 5.74) is 5.01. The Bertz CT molecular complexity index is 1730. The average Bonchev–Trinajstić information content (AvgIpc) is 3.00. The van der Waals surface area contributed by atoms with Gasteiger partial charge in [0.2, 0.25) is 0 Å². The van der Waals surface area contributed by atoms with E-state index in [1.807, 2.05) is 11.0 Å². The molecule has 2 aromatic carbocycles. The van der Waals surface area contributed by atoms with Gasteiger partial charge in [0.15, 0.2) is 0 Å². The second kappa shape index (κ2) is 12.9. The van der Waals surface area contributed by atoms with Crippen LogP contribution in [0.2, 0.25) is 5.15 Å². The van der Waals surface area contributed by atoms with Crippen LogP contribution in [0.3, 0.4) is 0 Å². The maximum atomic E-state index is 14.9. The zero-order chi connectivity index (χ0) is 31.6. The molecule has 1 aliphatic heterocycles. The van der Waals surface area contributed by atoms with Gasteiger partial charge in [-0.25, -0.2) is 14.2 Å². The van der Waals surface area contributed by atoms with Gasteiger partial charge in [0.25, 0.3) is 5.56 Å². The number of aromatic nitrogens is 3. The van der Waals surface area contributed by atoms with Crippen molar-refractivity contribution in [2.24, 2.45) is 5.73 Å². The minimum absolute atomic E-state index is 0.149. The summed E-state index contributed by atoms with van der Waals surface area (Å²) in [6.07, 6.45) is -3.15. The molecule has 2 N–H and O–H groups in total. The van der Waals surface area contributed by atoms with Gasteiger partial charge in [-0.15, -0.1) is 0 Å². The van der Waals surface area contributed by atoms with E-state index >= 15 is 0 Å². The molecule has 232 valence electrons. The van der Waals surface area contributed by atoms with Crippen molar-refractivity contribution in [2.45, 2.75) is 38.8 Å². The van der Waals surface area contributed by atoms with E-state index in [1.54, 1.807) is 42.6 Å². The second-order valence-electron chi connectivity index (χ2n) is 10.8. The largest absolute Gasteiger partial charge is 0.416 e. The molecule has 4 aromatic rings. The summed E-state index contributed by atoms with van der Waals surface area (Å²) >= 11 is 5.89. The Labute approximate surface area is 255 Å². The molecular formula is C31H31ClF4N6O2. The quantitative estimate of drug-likeness (QED) is 0.226. The summed E-state index contributed by atoms with van der Waals surface area (Å²) in [5.74, 6) is -1.10. The Morgan fingerprint density at radius 3 is 2.27 bits per heavy atom. The van der Waals surface area contributed by atoms with E-state index < -0.39 is 47.0 Å². The molecule has 0 saturated carbocycles. The monoisotopic (exact) mass is 630 g/mol. The van der Waals surface area contributed by atoms with Crippen molar-refractivity contribution < 1.29 is 17.6 Å². The van der Waals surface area contributed by atoms with E-state index in [2.05, 4.69) is 9.88 Å². The summed E-state index contributed by atoms with van der Waals surface area (Å²) < 4.78 is 58.5. The van der Waals surface area contributed by atoms with Gasteiger partial charge in [-0.1, -0.05) is 54.1 Å². The van der Waals surface area contributed by atoms with Crippen LogP contribution >= 0.6 is 11.6 Å². The number of hydrogen-bond acceptors (Lipinski definition) is 6. The number of pyridine rings is 1. The zero-order valence-electron chi connectivity index (χ0n) is 23.9. The lowest BCUT2D eigenvalue weighted by Gasteiger charge is -2.37. The highest BCUT2D eigenvalue weighted by Gasteiger charge is 2.35. The second-order valence-corrected chi connectivity index (χ2v) is 11.1. The number of anilines is 1. The first-order valence-corrected chi connectivity index (χ1v) is 14.4. The third kappa shape index (κ3) is 6.72. The number of nitrogens with two attached hydrogens (primary N) is 1. The van der Waals surface area contributed by atoms with Crippen LogP contribution in [0.1, 0.15) is 34.0 Å². The van der Waals surface area contributed by atoms with Gasteiger partial charge in [-0.2, -0.15) is 13.2 Å². The minimum atomic E-state index is -4.85. The smallest absolute Gasteiger partial charge is 0.363 e. The fraction of sp³-hybridized carbons (Fsp3) is 0.323. The maximum absolute atomic E-state index is 14.9. The third-order valence-corrected chi connectivity index (χ3v) is 8.11. The fourth-order valence-corrected chi connectivity index (χ4v) is 5.64. The van der Waals surface area contributed by atoms with Crippen LogP contribution in [0.25, 0.3) is 0 Å². The molecule has 2 aromatic heterocycles. The molecule has 8 nitrogen and oxygen atoms in total. The van der Waals surface area contributed by atoms with E-state index in [0.29, 0.717) is 43.4 Å². The number of rotatable bonds is 8. The van der Waals surface area contributed by atoms with Gasteiger partial charge in [-0.05, 0) is 36.2 Å². The molecule has 1 aliphatic rings. The molecule has 0 bridgehead atoms.